The predicted octanol–water partition coefficient (Wildman–Crippen LogP) is 4.69. The maximum atomic E-state index is 12.6. The van der Waals surface area contributed by atoms with Crippen molar-refractivity contribution in [3.63, 3.8) is 0 Å². The van der Waals surface area contributed by atoms with Gasteiger partial charge in [-0.1, -0.05) is 23.7 Å². The van der Waals surface area contributed by atoms with E-state index in [1.807, 2.05) is 19.1 Å². The molecule has 1 N–H and O–H groups in total. The van der Waals surface area contributed by atoms with Gasteiger partial charge in [-0.05, 0) is 50.2 Å². The molecule has 0 aliphatic carbocycles. The lowest BCUT2D eigenvalue weighted by molar-refractivity contribution is -0.122. The second-order valence-corrected chi connectivity index (χ2v) is 6.03. The third-order valence-corrected chi connectivity index (χ3v) is 4.11. The van der Waals surface area contributed by atoms with Crippen LogP contribution in [-0.2, 0) is 4.79 Å². The largest absolute Gasteiger partial charge is 0.492 e. The van der Waals surface area contributed by atoms with Crippen LogP contribution in [0.1, 0.15) is 13.8 Å². The van der Waals surface area contributed by atoms with Crippen LogP contribution >= 0.6 is 11.6 Å². The molecule has 1 aromatic heterocycles. The molecule has 0 radical (unpaired) electrons. The summed E-state index contributed by atoms with van der Waals surface area (Å²) in [6.45, 7) is 4.13. The van der Waals surface area contributed by atoms with Crippen molar-refractivity contribution in [2.75, 3.05) is 11.9 Å². The van der Waals surface area contributed by atoms with E-state index in [2.05, 4.69) is 10.3 Å². The van der Waals surface area contributed by atoms with Crippen molar-refractivity contribution in [2.45, 2.75) is 20.0 Å². The van der Waals surface area contributed by atoms with E-state index in [-0.39, 0.29) is 5.91 Å². The summed E-state index contributed by atoms with van der Waals surface area (Å²) >= 11 is 6.08. The quantitative estimate of drug-likeness (QED) is 0.683. The molecule has 1 atom stereocenters. The minimum absolute atomic E-state index is 0.278. The average Bonchev–Trinajstić information content (AvgIpc) is 2.65. The number of aromatic nitrogens is 1. The van der Waals surface area contributed by atoms with Crippen LogP contribution in [0.5, 0.6) is 11.5 Å². The first-order valence-corrected chi connectivity index (χ1v) is 8.70. The van der Waals surface area contributed by atoms with Crippen LogP contribution in [0.3, 0.4) is 0 Å². The second-order valence-electron chi connectivity index (χ2n) is 5.62. The van der Waals surface area contributed by atoms with Gasteiger partial charge in [-0.3, -0.25) is 9.78 Å². The van der Waals surface area contributed by atoms with E-state index < -0.39 is 6.10 Å². The highest BCUT2D eigenvalue weighted by Gasteiger charge is 2.18. The molecule has 6 heteroatoms. The Morgan fingerprint density at radius 3 is 2.73 bits per heavy atom. The summed E-state index contributed by atoms with van der Waals surface area (Å²) in [6, 6.07) is 14.4. The number of carbonyl (C=O) groups excluding carboxylic acids is 1. The van der Waals surface area contributed by atoms with Crippen molar-refractivity contribution in [3.8, 4) is 11.5 Å². The summed E-state index contributed by atoms with van der Waals surface area (Å²) in [5.74, 6) is 0.871. The standard InChI is InChI=1S/C20H19ClN2O3/c1-3-25-18-11-10-16(14-7-6-12-22-19(14)18)23-20(24)13(2)26-17-9-5-4-8-15(17)21/h4-13H,3H2,1-2H3,(H,23,24)/t13-/m0/s1. The summed E-state index contributed by atoms with van der Waals surface area (Å²) < 4.78 is 11.3. The molecule has 0 spiro atoms. The summed E-state index contributed by atoms with van der Waals surface area (Å²) in [5.41, 5.74) is 1.35. The summed E-state index contributed by atoms with van der Waals surface area (Å²) in [5, 5.41) is 4.15. The van der Waals surface area contributed by atoms with Gasteiger partial charge >= 0.3 is 0 Å². The zero-order chi connectivity index (χ0) is 18.5. The molecule has 5 nitrogen and oxygen atoms in total. The first kappa shape index (κ1) is 18.0. The lowest BCUT2D eigenvalue weighted by atomic mass is 10.1. The van der Waals surface area contributed by atoms with Gasteiger partial charge in [0.1, 0.15) is 17.0 Å². The third-order valence-electron chi connectivity index (χ3n) is 3.80. The number of carbonyl (C=O) groups is 1. The van der Waals surface area contributed by atoms with Crippen molar-refractivity contribution in [3.05, 3.63) is 59.8 Å². The number of nitrogens with one attached hydrogen (secondary N) is 1. The Morgan fingerprint density at radius 2 is 1.96 bits per heavy atom. The Labute approximate surface area is 156 Å². The van der Waals surface area contributed by atoms with Gasteiger partial charge in [0.05, 0.1) is 17.3 Å². The summed E-state index contributed by atoms with van der Waals surface area (Å²) in [6.07, 6.45) is 0.979. The van der Waals surface area contributed by atoms with E-state index in [0.717, 1.165) is 5.39 Å². The minimum Gasteiger partial charge on any atom is -0.492 e. The van der Waals surface area contributed by atoms with E-state index in [1.165, 1.54) is 0 Å². The zero-order valence-corrected chi connectivity index (χ0v) is 15.3. The molecule has 26 heavy (non-hydrogen) atoms. The number of rotatable bonds is 6. The highest BCUT2D eigenvalue weighted by Crippen LogP contribution is 2.30. The van der Waals surface area contributed by atoms with Gasteiger partial charge in [0.2, 0.25) is 0 Å². The molecule has 0 aliphatic rings. The number of amides is 1. The van der Waals surface area contributed by atoms with Crippen LogP contribution in [0.4, 0.5) is 5.69 Å². The van der Waals surface area contributed by atoms with Gasteiger partial charge in [0.15, 0.2) is 6.10 Å². The molecule has 3 aromatic rings. The fourth-order valence-corrected chi connectivity index (χ4v) is 2.73. The number of anilines is 1. The first-order valence-electron chi connectivity index (χ1n) is 8.32. The SMILES string of the molecule is CCOc1ccc(NC(=O)[C@H](C)Oc2ccccc2Cl)c2cccnc12. The number of nitrogens with zero attached hydrogens (tertiary/aromatic N) is 1. The zero-order valence-electron chi connectivity index (χ0n) is 14.5. The molecule has 3 rings (SSSR count). The summed E-state index contributed by atoms with van der Waals surface area (Å²) in [4.78, 5) is 16.9. The number of pyridine rings is 1. The molecule has 0 aliphatic heterocycles. The van der Waals surface area contributed by atoms with Crippen molar-refractivity contribution >= 4 is 34.1 Å². The van der Waals surface area contributed by atoms with Crippen molar-refractivity contribution in [1.82, 2.24) is 4.98 Å². The molecule has 0 unspecified atom stereocenters. The van der Waals surface area contributed by atoms with E-state index in [0.29, 0.717) is 34.3 Å². The van der Waals surface area contributed by atoms with Crippen LogP contribution in [0.2, 0.25) is 5.02 Å². The van der Waals surface area contributed by atoms with Crippen LogP contribution < -0.4 is 14.8 Å². The maximum Gasteiger partial charge on any atom is 0.265 e. The molecule has 1 heterocycles. The molecular weight excluding hydrogens is 352 g/mol. The Bertz CT molecular complexity index is 930. The topological polar surface area (TPSA) is 60.5 Å². The van der Waals surface area contributed by atoms with Gasteiger partial charge in [0, 0.05) is 11.6 Å². The number of ether oxygens (including phenoxy) is 2. The molecule has 134 valence electrons. The van der Waals surface area contributed by atoms with Gasteiger partial charge in [-0.25, -0.2) is 0 Å². The van der Waals surface area contributed by atoms with Crippen LogP contribution in [0.15, 0.2) is 54.7 Å². The van der Waals surface area contributed by atoms with Crippen molar-refractivity contribution < 1.29 is 14.3 Å². The molecule has 0 bridgehead atoms. The van der Waals surface area contributed by atoms with Gasteiger partial charge in [-0.15, -0.1) is 0 Å². The van der Waals surface area contributed by atoms with E-state index in [9.17, 15) is 4.79 Å². The highest BCUT2D eigenvalue weighted by atomic mass is 35.5. The monoisotopic (exact) mass is 370 g/mol. The predicted molar refractivity (Wildman–Crippen MR) is 103 cm³/mol. The van der Waals surface area contributed by atoms with Crippen molar-refractivity contribution in [1.29, 1.82) is 0 Å². The lowest BCUT2D eigenvalue weighted by Crippen LogP contribution is -2.30. The van der Waals surface area contributed by atoms with E-state index >= 15 is 0 Å². The minimum atomic E-state index is -0.715. The molecule has 0 saturated carbocycles. The first-order chi connectivity index (χ1) is 12.6. The van der Waals surface area contributed by atoms with Crippen LogP contribution in [0, 0.1) is 0 Å². The van der Waals surface area contributed by atoms with Crippen LogP contribution in [-0.4, -0.2) is 23.6 Å². The van der Waals surface area contributed by atoms with Gasteiger partial charge in [0.25, 0.3) is 5.91 Å². The number of para-hydroxylation sites is 1. The molecule has 2 aromatic carbocycles. The normalized spacial score (nSPS) is 11.8. The lowest BCUT2D eigenvalue weighted by Gasteiger charge is -2.17. The Kier molecular flexibility index (Phi) is 5.58. The third kappa shape index (κ3) is 3.89. The smallest absolute Gasteiger partial charge is 0.265 e. The number of fused-ring (bicyclic) bond motifs is 1. The van der Waals surface area contributed by atoms with E-state index in [4.69, 9.17) is 21.1 Å². The molecule has 0 fully saturated rings. The Balaban J connectivity index is 1.81. The fraction of sp³-hybridized carbons (Fsp3) is 0.200. The van der Waals surface area contributed by atoms with Crippen LogP contribution in [0.25, 0.3) is 10.9 Å². The summed E-state index contributed by atoms with van der Waals surface area (Å²) in [7, 11) is 0. The number of benzene rings is 2. The maximum absolute atomic E-state index is 12.6. The molecule has 1 amide bonds. The molecular formula is C20H19ClN2O3. The number of hydrogen-bond acceptors (Lipinski definition) is 4. The average molecular weight is 371 g/mol. The second kappa shape index (κ2) is 8.06. The molecule has 0 saturated heterocycles. The van der Waals surface area contributed by atoms with E-state index in [1.54, 1.807) is 49.5 Å². The highest BCUT2D eigenvalue weighted by molar-refractivity contribution is 6.32. The van der Waals surface area contributed by atoms with Crippen molar-refractivity contribution in [2.24, 2.45) is 0 Å². The Morgan fingerprint density at radius 1 is 1.15 bits per heavy atom. The fourth-order valence-electron chi connectivity index (χ4n) is 2.55. The van der Waals surface area contributed by atoms with Gasteiger partial charge in [-0.2, -0.15) is 0 Å². The van der Waals surface area contributed by atoms with Gasteiger partial charge < -0.3 is 14.8 Å². The number of hydrogen-bond donors (Lipinski definition) is 1. The number of halogens is 1. The Hall–Kier alpha value is -2.79.